The molecule has 1 N–H and O–H groups in total. The number of anilines is 1. The molecule has 2 saturated heterocycles. The summed E-state index contributed by atoms with van der Waals surface area (Å²) in [7, 11) is 1.54. The summed E-state index contributed by atoms with van der Waals surface area (Å²) in [6.07, 6.45) is 1.05. The van der Waals surface area contributed by atoms with E-state index in [-0.39, 0.29) is 30.4 Å². The van der Waals surface area contributed by atoms with Crippen LogP contribution in [0.1, 0.15) is 30.5 Å². The van der Waals surface area contributed by atoms with Crippen molar-refractivity contribution in [3.8, 4) is 11.5 Å². The summed E-state index contributed by atoms with van der Waals surface area (Å²) in [5, 5.41) is 2.49. The Hall–Kier alpha value is -4.44. The number of rotatable bonds is 8. The molecule has 2 aromatic carbocycles. The number of aromatic nitrogens is 1. The monoisotopic (exact) mass is 570 g/mol. The maximum Gasteiger partial charge on any atom is 0.335 e. The second-order valence-electron chi connectivity index (χ2n) is 11.3. The molecule has 3 atom stereocenters. The zero-order valence-electron chi connectivity index (χ0n) is 23.7. The minimum atomic E-state index is -1.57. The first-order valence-corrected chi connectivity index (χ1v) is 14.3. The molecule has 3 aromatic rings. The average molecular weight is 571 g/mol. The van der Waals surface area contributed by atoms with Gasteiger partial charge in [0.1, 0.15) is 16.9 Å². The Kier molecular flexibility index (Phi) is 7.32. The van der Waals surface area contributed by atoms with Gasteiger partial charge in [-0.05, 0) is 73.7 Å². The molecule has 3 aliphatic rings. The molecule has 0 radical (unpaired) electrons. The lowest BCUT2D eigenvalue weighted by atomic mass is 9.75. The van der Waals surface area contributed by atoms with Crippen LogP contribution in [-0.2, 0) is 22.6 Å². The summed E-state index contributed by atoms with van der Waals surface area (Å²) in [5.41, 5.74) is 0.547. The summed E-state index contributed by atoms with van der Waals surface area (Å²) < 4.78 is 12.7. The van der Waals surface area contributed by atoms with Gasteiger partial charge >= 0.3 is 6.03 Å². The van der Waals surface area contributed by atoms with Crippen LogP contribution in [0.4, 0.5) is 10.5 Å². The quantitative estimate of drug-likeness (QED) is 0.414. The molecule has 3 aliphatic heterocycles. The van der Waals surface area contributed by atoms with Crippen LogP contribution in [-0.4, -0.2) is 60.7 Å². The number of methoxy groups -OCH3 is 1. The van der Waals surface area contributed by atoms with E-state index in [1.54, 1.807) is 36.4 Å². The van der Waals surface area contributed by atoms with Crippen molar-refractivity contribution >= 4 is 23.5 Å². The number of carbonyl (C=O) groups excluding carboxylic acids is 3. The highest BCUT2D eigenvalue weighted by Crippen LogP contribution is 2.39. The predicted octanol–water partition coefficient (Wildman–Crippen LogP) is 3.19. The highest BCUT2D eigenvalue weighted by molar-refractivity contribution is 6.30. The van der Waals surface area contributed by atoms with Crippen molar-refractivity contribution in [2.24, 2.45) is 11.3 Å². The molecule has 4 heterocycles. The standard InChI is InChI=1S/C32H34N4O6/c1-3-42-26-11-7-21(8-12-26)16-32(20-34-17-22-15-23(19-34)27-5-4-6-28(37)35(27)18-22)29(38)33-31(40)36(30(32)39)24-9-13-25(41-2)14-10-24/h4-14,22-23H,3,15-20H2,1-2H3,(H,33,38,40)/t22-,23+,32-/m1/s1. The molecule has 218 valence electrons. The number of likely N-dealkylation sites (tertiary alicyclic amines) is 1. The lowest BCUT2D eigenvalue weighted by Gasteiger charge is -2.47. The van der Waals surface area contributed by atoms with Crippen LogP contribution in [0.15, 0.2) is 71.5 Å². The molecule has 4 amide bonds. The molecule has 42 heavy (non-hydrogen) atoms. The normalized spacial score (nSPS) is 23.8. The van der Waals surface area contributed by atoms with Gasteiger partial charge < -0.3 is 18.9 Å². The predicted molar refractivity (Wildman–Crippen MR) is 156 cm³/mol. The highest BCUT2D eigenvalue weighted by atomic mass is 16.5. The van der Waals surface area contributed by atoms with Crippen molar-refractivity contribution in [1.29, 1.82) is 0 Å². The SMILES string of the molecule is CCOc1ccc(C[C@@]2(CN3C[C@H]4C[C@@H](C3)c3cccc(=O)n3C4)C(=O)NC(=O)N(c3ccc(OC)cc3)C2=O)cc1. The zero-order chi connectivity index (χ0) is 29.4. The molecule has 10 heteroatoms. The molecule has 1 aromatic heterocycles. The number of amides is 4. The van der Waals surface area contributed by atoms with E-state index in [0.29, 0.717) is 43.4 Å². The maximum absolute atomic E-state index is 14.5. The fourth-order valence-electron chi connectivity index (χ4n) is 6.72. The van der Waals surface area contributed by atoms with Crippen molar-refractivity contribution < 1.29 is 23.9 Å². The van der Waals surface area contributed by atoms with Gasteiger partial charge in [-0.25, -0.2) is 9.69 Å². The Bertz CT molecular complexity index is 1570. The van der Waals surface area contributed by atoms with Crippen molar-refractivity contribution in [2.45, 2.75) is 32.2 Å². The molecule has 6 rings (SSSR count). The van der Waals surface area contributed by atoms with E-state index in [9.17, 15) is 19.2 Å². The van der Waals surface area contributed by atoms with Crippen LogP contribution < -0.4 is 25.2 Å². The number of urea groups is 1. The first-order chi connectivity index (χ1) is 20.3. The highest BCUT2D eigenvalue weighted by Gasteiger charge is 2.55. The van der Waals surface area contributed by atoms with E-state index in [4.69, 9.17) is 9.47 Å². The Balaban J connectivity index is 1.36. The number of pyridine rings is 1. The fourth-order valence-corrected chi connectivity index (χ4v) is 6.72. The number of nitrogens with zero attached hydrogens (tertiary/aromatic N) is 3. The van der Waals surface area contributed by atoms with Gasteiger partial charge in [0.25, 0.3) is 11.5 Å². The van der Waals surface area contributed by atoms with Gasteiger partial charge in [-0.15, -0.1) is 0 Å². The third kappa shape index (κ3) is 4.96. The number of nitrogens with one attached hydrogen (secondary N) is 1. The Morgan fingerprint density at radius 2 is 1.64 bits per heavy atom. The van der Waals surface area contributed by atoms with Crippen LogP contribution >= 0.6 is 0 Å². The van der Waals surface area contributed by atoms with Crippen molar-refractivity contribution in [1.82, 2.24) is 14.8 Å². The van der Waals surface area contributed by atoms with Crippen LogP contribution in [0.2, 0.25) is 0 Å². The smallest absolute Gasteiger partial charge is 0.335 e. The molecule has 0 unspecified atom stereocenters. The van der Waals surface area contributed by atoms with Gasteiger partial charge in [0.15, 0.2) is 0 Å². The number of piperidine rings is 1. The van der Waals surface area contributed by atoms with E-state index in [2.05, 4.69) is 10.2 Å². The summed E-state index contributed by atoms with van der Waals surface area (Å²) in [6, 6.07) is 18.6. The number of benzene rings is 2. The maximum atomic E-state index is 14.5. The number of imide groups is 2. The molecule has 0 spiro atoms. The van der Waals surface area contributed by atoms with Crippen molar-refractivity contribution in [3.63, 3.8) is 0 Å². The average Bonchev–Trinajstić information content (AvgIpc) is 2.98. The molecular weight excluding hydrogens is 536 g/mol. The number of ether oxygens (including phenoxy) is 2. The van der Waals surface area contributed by atoms with Gasteiger partial charge in [0.05, 0.1) is 19.4 Å². The van der Waals surface area contributed by atoms with E-state index < -0.39 is 23.3 Å². The lowest BCUT2D eigenvalue weighted by molar-refractivity contribution is -0.144. The van der Waals surface area contributed by atoms with Gasteiger partial charge in [0.2, 0.25) is 5.91 Å². The van der Waals surface area contributed by atoms with Crippen LogP contribution in [0.5, 0.6) is 11.5 Å². The molecular formula is C32H34N4O6. The van der Waals surface area contributed by atoms with Crippen LogP contribution in [0.25, 0.3) is 0 Å². The van der Waals surface area contributed by atoms with Gasteiger partial charge in [-0.2, -0.15) is 0 Å². The molecule has 0 aliphatic carbocycles. The molecule has 10 nitrogen and oxygen atoms in total. The topological polar surface area (TPSA) is 110 Å². The summed E-state index contributed by atoms with van der Waals surface area (Å²) in [4.78, 5) is 57.2. The minimum Gasteiger partial charge on any atom is -0.497 e. The Labute approximate surface area is 243 Å². The first-order valence-electron chi connectivity index (χ1n) is 14.3. The van der Waals surface area contributed by atoms with E-state index in [1.165, 1.54) is 7.11 Å². The fraction of sp³-hybridized carbons (Fsp3) is 0.375. The third-order valence-electron chi connectivity index (χ3n) is 8.59. The second-order valence-corrected chi connectivity index (χ2v) is 11.3. The number of hydrogen-bond donors (Lipinski definition) is 1. The van der Waals surface area contributed by atoms with E-state index in [1.807, 2.05) is 41.8 Å². The second kappa shape index (κ2) is 11.1. The van der Waals surface area contributed by atoms with E-state index >= 15 is 0 Å². The van der Waals surface area contributed by atoms with Crippen LogP contribution in [0.3, 0.4) is 0 Å². The van der Waals surface area contributed by atoms with Gasteiger partial charge in [-0.3, -0.25) is 19.7 Å². The molecule has 2 bridgehead atoms. The lowest BCUT2D eigenvalue weighted by Crippen LogP contribution is -2.68. The molecule has 2 fully saturated rings. The number of barbiturate groups is 1. The van der Waals surface area contributed by atoms with Crippen molar-refractivity contribution in [2.75, 3.05) is 38.3 Å². The van der Waals surface area contributed by atoms with Gasteiger partial charge in [0, 0.05) is 43.9 Å². The summed E-state index contributed by atoms with van der Waals surface area (Å²) in [6.45, 7) is 4.40. The molecule has 0 saturated carbocycles. The largest absolute Gasteiger partial charge is 0.497 e. The summed E-state index contributed by atoms with van der Waals surface area (Å²) >= 11 is 0. The van der Waals surface area contributed by atoms with E-state index in [0.717, 1.165) is 22.6 Å². The van der Waals surface area contributed by atoms with Gasteiger partial charge in [-0.1, -0.05) is 18.2 Å². The summed E-state index contributed by atoms with van der Waals surface area (Å²) in [5.74, 6) is 0.420. The third-order valence-corrected chi connectivity index (χ3v) is 8.59. The first kappa shape index (κ1) is 27.7. The number of carbonyl (C=O) groups is 3. The van der Waals surface area contributed by atoms with Crippen LogP contribution in [0, 0.1) is 11.3 Å². The zero-order valence-corrected chi connectivity index (χ0v) is 23.7. The minimum absolute atomic E-state index is 0.00176. The Morgan fingerprint density at radius 3 is 2.36 bits per heavy atom. The number of hydrogen-bond acceptors (Lipinski definition) is 7. The number of fused-ring (bicyclic) bond motifs is 4. The van der Waals surface area contributed by atoms with Crippen molar-refractivity contribution in [3.05, 3.63) is 88.3 Å². The Morgan fingerprint density at radius 1 is 0.905 bits per heavy atom.